The van der Waals surface area contributed by atoms with E-state index in [2.05, 4.69) is 14.9 Å². The van der Waals surface area contributed by atoms with Crippen LogP contribution in [-0.4, -0.2) is 34.5 Å². The van der Waals surface area contributed by atoms with Gasteiger partial charge in [0.05, 0.1) is 12.8 Å². The topological polar surface area (TPSA) is 87.7 Å². The molecule has 2 saturated carbocycles. The number of piperidine rings is 1. The Labute approximate surface area is 208 Å². The number of rotatable bonds is 8. The summed E-state index contributed by atoms with van der Waals surface area (Å²) in [5, 5.41) is 2.98. The van der Waals surface area contributed by atoms with Gasteiger partial charge in [0.2, 0.25) is 5.91 Å². The molecule has 0 spiro atoms. The molecule has 0 radical (unpaired) electrons. The zero-order valence-electron chi connectivity index (χ0n) is 20.3. The number of ether oxygens (including phenoxy) is 1. The van der Waals surface area contributed by atoms with Crippen LogP contribution < -0.4 is 19.7 Å². The molecule has 2 aliphatic carbocycles. The number of amides is 1. The van der Waals surface area contributed by atoms with E-state index in [1.54, 1.807) is 37.4 Å². The van der Waals surface area contributed by atoms with Gasteiger partial charge in [0.25, 0.3) is 10.0 Å². The maximum absolute atomic E-state index is 13.5. The number of nitrogens with one attached hydrogen (secondary N) is 2. The average molecular weight is 498 g/mol. The maximum atomic E-state index is 13.5. The molecule has 0 aromatic heterocycles. The number of carbonyl (C=O) groups is 1. The lowest BCUT2D eigenvalue weighted by atomic mass is 9.86. The Balaban J connectivity index is 1.37. The Morgan fingerprint density at radius 1 is 1.00 bits per heavy atom. The van der Waals surface area contributed by atoms with Crippen molar-refractivity contribution >= 4 is 33.0 Å². The summed E-state index contributed by atoms with van der Waals surface area (Å²) in [5.74, 6) is 2.56. The third-order valence-electron chi connectivity index (χ3n) is 7.90. The molecule has 3 fully saturated rings. The first-order valence-corrected chi connectivity index (χ1v) is 14.3. The Morgan fingerprint density at radius 3 is 2.40 bits per heavy atom. The summed E-state index contributed by atoms with van der Waals surface area (Å²) in [7, 11) is -2.31. The van der Waals surface area contributed by atoms with Gasteiger partial charge < -0.3 is 15.0 Å². The normalized spacial score (nSPS) is 23.8. The quantitative estimate of drug-likeness (QED) is 0.520. The van der Waals surface area contributed by atoms with Gasteiger partial charge in [-0.25, -0.2) is 8.42 Å². The van der Waals surface area contributed by atoms with E-state index < -0.39 is 10.0 Å². The van der Waals surface area contributed by atoms with Gasteiger partial charge in [-0.3, -0.25) is 9.52 Å². The largest absolute Gasteiger partial charge is 0.497 e. The highest BCUT2D eigenvalue weighted by molar-refractivity contribution is 7.92. The van der Waals surface area contributed by atoms with Crippen LogP contribution in [0.25, 0.3) is 0 Å². The van der Waals surface area contributed by atoms with Crippen molar-refractivity contribution < 1.29 is 17.9 Å². The minimum absolute atomic E-state index is 0.0280. The molecule has 2 N–H and O–H groups in total. The molecule has 2 aromatic rings. The summed E-state index contributed by atoms with van der Waals surface area (Å²) in [4.78, 5) is 15.2. The van der Waals surface area contributed by atoms with Crippen LogP contribution in [0.5, 0.6) is 5.75 Å². The summed E-state index contributed by atoms with van der Waals surface area (Å²) in [5.41, 5.74) is 1.66. The van der Waals surface area contributed by atoms with Gasteiger partial charge in [-0.2, -0.15) is 0 Å². The molecule has 3 aliphatic rings. The van der Waals surface area contributed by atoms with Crippen LogP contribution in [0.15, 0.2) is 47.4 Å². The van der Waals surface area contributed by atoms with Gasteiger partial charge in [-0.1, -0.05) is 6.42 Å². The van der Waals surface area contributed by atoms with Crippen LogP contribution in [0.4, 0.5) is 17.1 Å². The lowest BCUT2D eigenvalue weighted by Gasteiger charge is -2.30. The second kappa shape index (κ2) is 10.1. The molecule has 188 valence electrons. The van der Waals surface area contributed by atoms with Crippen molar-refractivity contribution in [3.05, 3.63) is 42.5 Å². The first kappa shape index (κ1) is 24.0. The molecule has 1 aliphatic heterocycles. The number of hydrogen-bond donors (Lipinski definition) is 2. The number of sulfonamides is 1. The average Bonchev–Trinajstić information content (AvgIpc) is 3.48. The molecule has 2 bridgehead atoms. The fraction of sp³-hybridized carbons (Fsp3) is 0.519. The second-order valence-electron chi connectivity index (χ2n) is 10.3. The van der Waals surface area contributed by atoms with Crippen molar-refractivity contribution in [1.29, 1.82) is 0 Å². The summed E-state index contributed by atoms with van der Waals surface area (Å²) in [6.45, 7) is 1.64. The van der Waals surface area contributed by atoms with Gasteiger partial charge in [0.1, 0.15) is 10.6 Å². The van der Waals surface area contributed by atoms with Crippen molar-refractivity contribution in [2.24, 2.45) is 17.8 Å². The molecule has 1 heterocycles. The van der Waals surface area contributed by atoms with E-state index in [4.69, 9.17) is 4.74 Å². The van der Waals surface area contributed by atoms with E-state index in [0.29, 0.717) is 41.1 Å². The van der Waals surface area contributed by atoms with E-state index in [1.165, 1.54) is 19.3 Å². The van der Waals surface area contributed by atoms with Crippen molar-refractivity contribution in [2.75, 3.05) is 35.1 Å². The van der Waals surface area contributed by atoms with Crippen LogP contribution in [0.2, 0.25) is 0 Å². The van der Waals surface area contributed by atoms with Gasteiger partial charge in [0, 0.05) is 30.9 Å². The summed E-state index contributed by atoms with van der Waals surface area (Å²) >= 11 is 0. The number of nitrogens with zero attached hydrogens (tertiary/aromatic N) is 1. The first-order valence-electron chi connectivity index (χ1n) is 12.8. The molecule has 8 heteroatoms. The number of fused-ring (bicyclic) bond motifs is 2. The molecule has 3 atom stereocenters. The second-order valence-corrected chi connectivity index (χ2v) is 11.9. The number of anilines is 3. The number of hydrogen-bond acceptors (Lipinski definition) is 5. The van der Waals surface area contributed by atoms with Gasteiger partial charge in [-0.15, -0.1) is 0 Å². The van der Waals surface area contributed by atoms with E-state index in [9.17, 15) is 13.2 Å². The molecule has 2 aromatic carbocycles. The van der Waals surface area contributed by atoms with Crippen LogP contribution in [0.1, 0.15) is 51.4 Å². The fourth-order valence-electron chi connectivity index (χ4n) is 6.15. The lowest BCUT2D eigenvalue weighted by molar-refractivity contribution is -0.117. The summed E-state index contributed by atoms with van der Waals surface area (Å²) < 4.78 is 35.0. The van der Waals surface area contributed by atoms with E-state index >= 15 is 0 Å². The minimum atomic E-state index is -3.88. The van der Waals surface area contributed by atoms with Gasteiger partial charge in [-0.05, 0) is 98.7 Å². The van der Waals surface area contributed by atoms with Gasteiger partial charge >= 0.3 is 0 Å². The molecular formula is C27H35N3O4S. The van der Waals surface area contributed by atoms with Crippen molar-refractivity contribution in [3.63, 3.8) is 0 Å². The number of methoxy groups -OCH3 is 1. The number of benzene rings is 2. The van der Waals surface area contributed by atoms with Crippen LogP contribution in [0, 0.1) is 17.8 Å². The van der Waals surface area contributed by atoms with E-state index in [1.807, 2.05) is 12.1 Å². The van der Waals surface area contributed by atoms with Crippen LogP contribution in [0.3, 0.4) is 0 Å². The Kier molecular flexibility index (Phi) is 6.91. The molecular weight excluding hydrogens is 462 g/mol. The summed E-state index contributed by atoms with van der Waals surface area (Å²) in [6, 6.07) is 12.1. The van der Waals surface area contributed by atoms with Crippen LogP contribution >= 0.6 is 0 Å². The predicted octanol–water partition coefficient (Wildman–Crippen LogP) is 5.25. The van der Waals surface area contributed by atoms with Crippen molar-refractivity contribution in [3.8, 4) is 5.75 Å². The van der Waals surface area contributed by atoms with Gasteiger partial charge in [0.15, 0.2) is 0 Å². The molecule has 35 heavy (non-hydrogen) atoms. The fourth-order valence-corrected chi connectivity index (χ4v) is 7.46. The smallest absolute Gasteiger partial charge is 0.264 e. The zero-order chi connectivity index (χ0) is 24.4. The molecule has 1 saturated heterocycles. The third kappa shape index (κ3) is 5.42. The lowest BCUT2D eigenvalue weighted by Crippen LogP contribution is -2.31. The minimum Gasteiger partial charge on any atom is -0.497 e. The molecule has 0 unspecified atom stereocenters. The van der Waals surface area contributed by atoms with E-state index in [-0.39, 0.29) is 10.8 Å². The highest BCUT2D eigenvalue weighted by Gasteiger charge is 2.40. The van der Waals surface area contributed by atoms with Crippen molar-refractivity contribution in [2.45, 2.75) is 56.3 Å². The Morgan fingerprint density at radius 2 is 1.74 bits per heavy atom. The van der Waals surface area contributed by atoms with E-state index in [0.717, 1.165) is 44.7 Å². The van der Waals surface area contributed by atoms with Crippen LogP contribution in [-0.2, 0) is 14.8 Å². The first-order chi connectivity index (χ1) is 16.9. The highest BCUT2D eigenvalue weighted by atomic mass is 32.2. The number of carbonyl (C=O) groups excluding carboxylic acids is 1. The predicted molar refractivity (Wildman–Crippen MR) is 138 cm³/mol. The third-order valence-corrected chi connectivity index (χ3v) is 9.31. The Bertz CT molecular complexity index is 1160. The standard InChI is InChI=1S/C27H35N3O4S/c1-34-24-10-7-22(8-11-24)29-35(32,33)26-18-23(9-12-25(26)30-13-3-2-4-14-30)28-27(31)17-21-16-19-5-6-20(21)15-19/h7-12,18-21,29H,2-6,13-17H2,1H3,(H,28,31)/t19-,20+,21-/m0/s1. The molecule has 7 nitrogen and oxygen atoms in total. The molecule has 5 rings (SSSR count). The SMILES string of the molecule is COc1ccc(NS(=O)(=O)c2cc(NC(=O)C[C@@H]3C[C@H]4CC[C@@H]3C4)ccc2N2CCCCC2)cc1. The zero-order valence-corrected chi connectivity index (χ0v) is 21.1. The van der Waals surface area contributed by atoms with Crippen molar-refractivity contribution in [1.82, 2.24) is 0 Å². The Hall–Kier alpha value is -2.74. The highest BCUT2D eigenvalue weighted by Crippen LogP contribution is 2.49. The summed E-state index contributed by atoms with van der Waals surface area (Å²) in [6.07, 6.45) is 8.71. The monoisotopic (exact) mass is 497 g/mol. The maximum Gasteiger partial charge on any atom is 0.264 e. The molecule has 1 amide bonds.